The van der Waals surface area contributed by atoms with E-state index >= 15 is 0 Å². The maximum absolute atomic E-state index is 12.5. The van der Waals surface area contributed by atoms with E-state index in [1.165, 1.54) is 11.3 Å². The predicted octanol–water partition coefficient (Wildman–Crippen LogP) is 1.09. The molecule has 0 radical (unpaired) electrons. The number of nitrogens with zero attached hydrogens (tertiary/aromatic N) is 4. The highest BCUT2D eigenvalue weighted by Crippen LogP contribution is 2.25. The number of aliphatic hydroxyl groups is 2. The lowest BCUT2D eigenvalue weighted by molar-refractivity contribution is 0.0572. The third kappa shape index (κ3) is 3.42. The molecule has 4 rings (SSSR count). The van der Waals surface area contributed by atoms with Crippen LogP contribution >= 0.6 is 11.3 Å². The lowest BCUT2D eigenvalue weighted by atomic mass is 10.0. The van der Waals surface area contributed by atoms with Gasteiger partial charge in [0, 0.05) is 32.2 Å². The minimum Gasteiger partial charge on any atom is -0.393 e. The summed E-state index contributed by atoms with van der Waals surface area (Å²) in [7, 11) is 0. The van der Waals surface area contributed by atoms with E-state index in [2.05, 4.69) is 10.00 Å². The van der Waals surface area contributed by atoms with Gasteiger partial charge in [0.1, 0.15) is 6.10 Å². The van der Waals surface area contributed by atoms with Crippen molar-refractivity contribution in [3.05, 3.63) is 39.8 Å². The number of hydrogen-bond acceptors (Lipinski definition) is 6. The highest BCUT2D eigenvalue weighted by atomic mass is 32.1. The molecule has 2 aliphatic heterocycles. The summed E-state index contributed by atoms with van der Waals surface area (Å²) in [6, 6.07) is 6.17. The number of hydrogen-bond donors (Lipinski definition) is 2. The number of carbonyl (C=O) groups excluding carboxylic acids is 1. The summed E-state index contributed by atoms with van der Waals surface area (Å²) in [6.45, 7) is 3.80. The van der Waals surface area contributed by atoms with Crippen LogP contribution in [-0.4, -0.2) is 68.0 Å². The third-order valence-electron chi connectivity index (χ3n) is 5.36. The Hall–Kier alpha value is -1.74. The molecule has 1 amide bonds. The zero-order valence-corrected chi connectivity index (χ0v) is 15.4. The number of piperidine rings is 1. The highest BCUT2D eigenvalue weighted by molar-refractivity contribution is 7.12. The molecule has 0 aromatic carbocycles. The fourth-order valence-corrected chi connectivity index (χ4v) is 4.56. The predicted molar refractivity (Wildman–Crippen MR) is 97.9 cm³/mol. The summed E-state index contributed by atoms with van der Waals surface area (Å²) < 4.78 is 1.93. The Morgan fingerprint density at radius 1 is 1.31 bits per heavy atom. The van der Waals surface area contributed by atoms with Crippen LogP contribution in [0, 0.1) is 0 Å². The van der Waals surface area contributed by atoms with Gasteiger partial charge in [0.2, 0.25) is 0 Å². The molecule has 1 atom stereocenters. The van der Waals surface area contributed by atoms with Crippen molar-refractivity contribution in [2.45, 2.75) is 38.1 Å². The largest absolute Gasteiger partial charge is 0.393 e. The van der Waals surface area contributed by atoms with Crippen molar-refractivity contribution in [2.24, 2.45) is 0 Å². The Balaban J connectivity index is 1.35. The number of thiophene rings is 1. The van der Waals surface area contributed by atoms with Crippen LogP contribution in [-0.2, 0) is 13.1 Å². The zero-order chi connectivity index (χ0) is 18.1. The first-order valence-corrected chi connectivity index (χ1v) is 9.96. The van der Waals surface area contributed by atoms with E-state index in [-0.39, 0.29) is 12.5 Å². The molecule has 2 aromatic rings. The minimum absolute atomic E-state index is 0.151. The zero-order valence-electron chi connectivity index (χ0n) is 14.6. The maximum Gasteiger partial charge on any atom is 0.263 e. The molecule has 1 fully saturated rings. The summed E-state index contributed by atoms with van der Waals surface area (Å²) in [4.78, 5) is 17.7. The number of amides is 1. The van der Waals surface area contributed by atoms with E-state index in [4.69, 9.17) is 5.11 Å². The lowest BCUT2D eigenvalue weighted by Crippen LogP contribution is -2.48. The summed E-state index contributed by atoms with van der Waals surface area (Å²) in [5.41, 5.74) is 1.62. The second kappa shape index (κ2) is 7.48. The average Bonchev–Trinajstić information content (AvgIpc) is 3.36. The molecule has 2 aliphatic rings. The van der Waals surface area contributed by atoms with Crippen LogP contribution in [0.5, 0.6) is 0 Å². The van der Waals surface area contributed by atoms with Crippen LogP contribution in [0.2, 0.25) is 0 Å². The molecule has 4 heterocycles. The molecule has 0 aliphatic carbocycles. The van der Waals surface area contributed by atoms with E-state index in [1.807, 2.05) is 33.2 Å². The molecule has 26 heavy (non-hydrogen) atoms. The molecular weight excluding hydrogens is 352 g/mol. The lowest BCUT2D eigenvalue weighted by Gasteiger charge is -2.40. The van der Waals surface area contributed by atoms with Crippen molar-refractivity contribution in [3.8, 4) is 0 Å². The third-order valence-corrected chi connectivity index (χ3v) is 6.22. The minimum atomic E-state index is -0.909. The van der Waals surface area contributed by atoms with Crippen molar-refractivity contribution in [2.75, 3.05) is 26.2 Å². The van der Waals surface area contributed by atoms with Crippen molar-refractivity contribution < 1.29 is 15.0 Å². The maximum atomic E-state index is 12.5. The fourth-order valence-electron chi connectivity index (χ4n) is 3.87. The molecular formula is C18H24N4O3S. The summed E-state index contributed by atoms with van der Waals surface area (Å²) in [5, 5.41) is 25.2. The highest BCUT2D eigenvalue weighted by Gasteiger charge is 2.30. The van der Waals surface area contributed by atoms with Gasteiger partial charge in [0.25, 0.3) is 5.91 Å². The second-order valence-corrected chi connectivity index (χ2v) is 7.90. The van der Waals surface area contributed by atoms with Crippen LogP contribution < -0.4 is 0 Å². The summed E-state index contributed by atoms with van der Waals surface area (Å²) in [5.74, 6) is 0.151. The number of carbonyl (C=O) groups is 1. The van der Waals surface area contributed by atoms with E-state index in [0.29, 0.717) is 11.7 Å². The number of likely N-dealkylation sites (tertiary alicyclic amines) is 1. The van der Waals surface area contributed by atoms with Gasteiger partial charge >= 0.3 is 0 Å². The van der Waals surface area contributed by atoms with Crippen LogP contribution in [0.4, 0.5) is 0 Å². The van der Waals surface area contributed by atoms with Crippen LogP contribution in [0.25, 0.3) is 0 Å². The smallest absolute Gasteiger partial charge is 0.263 e. The molecule has 0 saturated carbocycles. The molecule has 0 spiro atoms. The van der Waals surface area contributed by atoms with E-state index in [0.717, 1.165) is 56.1 Å². The number of fused-ring (bicyclic) bond motifs is 1. The van der Waals surface area contributed by atoms with Gasteiger partial charge in [-0.1, -0.05) is 6.07 Å². The molecule has 8 heteroatoms. The summed E-state index contributed by atoms with van der Waals surface area (Å²) >= 11 is 1.50. The topological polar surface area (TPSA) is 81.8 Å². The number of rotatable bonds is 4. The molecule has 1 unspecified atom stereocenters. The van der Waals surface area contributed by atoms with Crippen LogP contribution in [0.3, 0.4) is 0 Å². The van der Waals surface area contributed by atoms with Gasteiger partial charge < -0.3 is 15.1 Å². The first-order valence-electron chi connectivity index (χ1n) is 9.08. The van der Waals surface area contributed by atoms with E-state index in [1.54, 1.807) is 0 Å². The summed E-state index contributed by atoms with van der Waals surface area (Å²) in [6.07, 6.45) is 1.06. The molecule has 7 nitrogen and oxygen atoms in total. The molecule has 2 aromatic heterocycles. The van der Waals surface area contributed by atoms with Crippen molar-refractivity contribution in [3.63, 3.8) is 0 Å². The molecule has 1 saturated heterocycles. The molecule has 2 N–H and O–H groups in total. The average molecular weight is 376 g/mol. The number of aliphatic hydroxyl groups excluding tert-OH is 2. The van der Waals surface area contributed by atoms with Crippen LogP contribution in [0.1, 0.15) is 40.0 Å². The van der Waals surface area contributed by atoms with Crippen LogP contribution in [0.15, 0.2) is 23.6 Å². The quantitative estimate of drug-likeness (QED) is 0.835. The monoisotopic (exact) mass is 376 g/mol. The van der Waals surface area contributed by atoms with Gasteiger partial charge in [0.15, 0.2) is 0 Å². The Morgan fingerprint density at radius 2 is 2.12 bits per heavy atom. The van der Waals surface area contributed by atoms with Gasteiger partial charge in [0.05, 0.1) is 29.4 Å². The van der Waals surface area contributed by atoms with Crippen molar-refractivity contribution in [1.82, 2.24) is 19.6 Å². The normalized spacial score (nSPS) is 20.2. The van der Waals surface area contributed by atoms with Gasteiger partial charge in [-0.2, -0.15) is 5.10 Å². The van der Waals surface area contributed by atoms with Gasteiger partial charge in [-0.25, -0.2) is 0 Å². The molecule has 140 valence electrons. The van der Waals surface area contributed by atoms with Gasteiger partial charge in [-0.15, -0.1) is 11.3 Å². The van der Waals surface area contributed by atoms with Crippen molar-refractivity contribution >= 4 is 17.2 Å². The first-order chi connectivity index (χ1) is 12.7. The van der Waals surface area contributed by atoms with Gasteiger partial charge in [-0.3, -0.25) is 14.4 Å². The van der Waals surface area contributed by atoms with Crippen molar-refractivity contribution in [1.29, 1.82) is 0 Å². The fraction of sp³-hybridized carbons (Fsp3) is 0.556. The van der Waals surface area contributed by atoms with E-state index in [9.17, 15) is 9.90 Å². The Morgan fingerprint density at radius 3 is 2.81 bits per heavy atom. The Bertz CT molecular complexity index is 753. The second-order valence-electron chi connectivity index (χ2n) is 6.95. The Labute approximate surface area is 156 Å². The molecule has 0 bridgehead atoms. The Kier molecular flexibility index (Phi) is 5.08. The SMILES string of the molecule is O=C(c1cccs1)N1CCC(N2CCn3nc(C(O)CO)cc3C2)CC1. The number of aromatic nitrogens is 2. The standard InChI is InChI=1S/C18H24N4O3S/c23-12-16(24)15-10-14-11-21(7-8-22(14)19-15)13-3-5-20(6-4-13)18(25)17-2-1-9-26-17/h1-2,9-10,13,16,23-24H,3-8,11-12H2. The van der Waals surface area contributed by atoms with Gasteiger partial charge in [-0.05, 0) is 30.4 Å². The van der Waals surface area contributed by atoms with E-state index < -0.39 is 6.10 Å². The first kappa shape index (κ1) is 17.7.